The van der Waals surface area contributed by atoms with Crippen LogP contribution < -0.4 is 0 Å². The van der Waals surface area contributed by atoms with E-state index in [2.05, 4.69) is 24.4 Å². The summed E-state index contributed by atoms with van der Waals surface area (Å²) in [4.78, 5) is 2.38. The van der Waals surface area contributed by atoms with Crippen molar-refractivity contribution in [1.29, 1.82) is 5.26 Å². The van der Waals surface area contributed by atoms with E-state index in [9.17, 15) is 0 Å². The van der Waals surface area contributed by atoms with Crippen molar-refractivity contribution in [3.8, 4) is 6.07 Å². The number of nitrogens with zero attached hydrogens (tertiary/aromatic N) is 1. The summed E-state index contributed by atoms with van der Waals surface area (Å²) in [6.45, 7) is 2.07. The largest absolute Gasteiger partial charge is 0.198 e. The molecule has 2 rings (SSSR count). The van der Waals surface area contributed by atoms with Gasteiger partial charge < -0.3 is 0 Å². The molecule has 72 valence electrons. The van der Waals surface area contributed by atoms with Gasteiger partial charge in [-0.2, -0.15) is 5.26 Å². The molecule has 1 aromatic heterocycles. The van der Waals surface area contributed by atoms with Gasteiger partial charge in [0.1, 0.15) is 0 Å². The molecule has 1 heterocycles. The first-order valence-corrected chi connectivity index (χ1v) is 6.04. The zero-order valence-corrected chi connectivity index (χ0v) is 9.57. The van der Waals surface area contributed by atoms with Crippen LogP contribution in [0.25, 0.3) is 0 Å². The van der Waals surface area contributed by atoms with E-state index in [0.717, 1.165) is 11.3 Å². The molecular weight excluding hydrogens is 210 g/mol. The molecule has 0 radical (unpaired) electrons. The smallest absolute Gasteiger partial charge is 0.0669 e. The summed E-state index contributed by atoms with van der Waals surface area (Å²) in [5.74, 6) is 0.882. The molecule has 1 nitrogen and oxygen atoms in total. The normalized spacial score (nSPS) is 29.6. The summed E-state index contributed by atoms with van der Waals surface area (Å²) < 4.78 is 0. The number of hydrogen-bond acceptors (Lipinski definition) is 3. The van der Waals surface area contributed by atoms with Gasteiger partial charge in [-0.05, 0) is 22.7 Å². The maximum Gasteiger partial charge on any atom is 0.0669 e. The lowest BCUT2D eigenvalue weighted by molar-refractivity contribution is 1.03. The molecule has 1 saturated carbocycles. The van der Waals surface area contributed by atoms with Crippen LogP contribution in [0.5, 0.6) is 0 Å². The van der Waals surface area contributed by atoms with Crippen molar-refractivity contribution in [2.24, 2.45) is 11.8 Å². The molecule has 1 aliphatic rings. The van der Waals surface area contributed by atoms with E-state index in [0.29, 0.717) is 11.8 Å². The minimum atomic E-state index is 0.140. The molecule has 0 saturated heterocycles. The van der Waals surface area contributed by atoms with Gasteiger partial charge in [-0.3, -0.25) is 0 Å². The number of hydrogen-bond donors (Lipinski definition) is 0. The van der Waals surface area contributed by atoms with Crippen LogP contribution >= 0.6 is 23.6 Å². The predicted molar refractivity (Wildman–Crippen MR) is 62.5 cm³/mol. The van der Waals surface area contributed by atoms with Crippen molar-refractivity contribution >= 4 is 28.4 Å². The Kier molecular flexibility index (Phi) is 2.66. The van der Waals surface area contributed by atoms with E-state index in [1.54, 1.807) is 11.3 Å². The Balaban J connectivity index is 2.17. The molecule has 0 amide bonds. The van der Waals surface area contributed by atoms with Gasteiger partial charge >= 0.3 is 0 Å². The van der Waals surface area contributed by atoms with Gasteiger partial charge in [0.25, 0.3) is 0 Å². The molecule has 3 unspecified atom stereocenters. The first-order chi connectivity index (χ1) is 6.79. The van der Waals surface area contributed by atoms with Crippen LogP contribution in [0, 0.1) is 23.2 Å². The zero-order valence-electron chi connectivity index (χ0n) is 7.93. The highest BCUT2D eigenvalue weighted by atomic mass is 32.1. The van der Waals surface area contributed by atoms with Gasteiger partial charge in [0.05, 0.1) is 12.0 Å². The van der Waals surface area contributed by atoms with E-state index in [1.165, 1.54) is 4.88 Å². The maximum atomic E-state index is 8.99. The molecule has 0 bridgehead atoms. The molecule has 3 atom stereocenters. The first-order valence-electron chi connectivity index (χ1n) is 4.75. The van der Waals surface area contributed by atoms with Gasteiger partial charge in [0.15, 0.2) is 0 Å². The maximum absolute atomic E-state index is 8.99. The average Bonchev–Trinajstić information content (AvgIpc) is 2.69. The second-order valence-corrected chi connectivity index (χ2v) is 5.05. The number of rotatable bonds is 3. The highest BCUT2D eigenvalue weighted by Crippen LogP contribution is 2.56. The van der Waals surface area contributed by atoms with Crippen LogP contribution in [0.3, 0.4) is 0 Å². The van der Waals surface area contributed by atoms with Crippen molar-refractivity contribution in [2.75, 3.05) is 0 Å². The number of nitriles is 1. The van der Waals surface area contributed by atoms with Crippen LogP contribution in [0.1, 0.15) is 24.1 Å². The minimum Gasteiger partial charge on any atom is -0.198 e. The van der Waals surface area contributed by atoms with E-state index in [1.807, 2.05) is 6.07 Å². The minimum absolute atomic E-state index is 0.140. The Bertz CT molecular complexity index is 374. The lowest BCUT2D eigenvalue weighted by atomic mass is 10.2. The molecule has 0 aliphatic heterocycles. The Labute approximate surface area is 93.4 Å². The van der Waals surface area contributed by atoms with Crippen LogP contribution in [0.15, 0.2) is 17.5 Å². The summed E-state index contributed by atoms with van der Waals surface area (Å²) in [5, 5.41) is 11.0. The lowest BCUT2D eigenvalue weighted by Gasteiger charge is -1.95. The molecule has 0 N–H and O–H groups in total. The van der Waals surface area contributed by atoms with Crippen LogP contribution in [0.2, 0.25) is 0 Å². The fourth-order valence-corrected chi connectivity index (χ4v) is 3.16. The third kappa shape index (κ3) is 1.49. The fourth-order valence-electron chi connectivity index (χ4n) is 1.94. The van der Waals surface area contributed by atoms with E-state index >= 15 is 0 Å². The third-order valence-electron chi connectivity index (χ3n) is 2.76. The Morgan fingerprint density at radius 2 is 2.50 bits per heavy atom. The van der Waals surface area contributed by atoms with Gasteiger partial charge in [-0.25, -0.2) is 0 Å². The lowest BCUT2D eigenvalue weighted by Crippen LogP contribution is -1.96. The number of thiophene rings is 1. The third-order valence-corrected chi connectivity index (χ3v) is 4.30. The van der Waals surface area contributed by atoms with Gasteiger partial charge in [0, 0.05) is 16.7 Å². The molecule has 14 heavy (non-hydrogen) atoms. The SMILES string of the molecule is CCC(=S)C1C(C#N)C1c1cccs1. The van der Waals surface area contributed by atoms with Crippen molar-refractivity contribution < 1.29 is 0 Å². The summed E-state index contributed by atoms with van der Waals surface area (Å²) in [6.07, 6.45) is 0.917. The van der Waals surface area contributed by atoms with Crippen molar-refractivity contribution in [1.82, 2.24) is 0 Å². The standard InChI is InChI=1S/C11H11NS2/c1-2-8(13)10-7(6-12)11(10)9-4-3-5-14-9/h3-5,7,10-11H,2H2,1H3. The van der Waals surface area contributed by atoms with E-state index in [-0.39, 0.29) is 5.92 Å². The summed E-state index contributed by atoms with van der Waals surface area (Å²) >= 11 is 7.02. The summed E-state index contributed by atoms with van der Waals surface area (Å²) in [7, 11) is 0. The van der Waals surface area contributed by atoms with Crippen LogP contribution in [0.4, 0.5) is 0 Å². The molecule has 0 spiro atoms. The first kappa shape index (κ1) is 9.82. The molecule has 1 fully saturated rings. The fraction of sp³-hybridized carbons (Fsp3) is 0.455. The predicted octanol–water partition coefficient (Wildman–Crippen LogP) is 3.38. The average molecular weight is 221 g/mol. The topological polar surface area (TPSA) is 23.8 Å². The molecule has 3 heteroatoms. The highest BCUT2D eigenvalue weighted by Gasteiger charge is 2.53. The molecule has 0 aromatic carbocycles. The van der Waals surface area contributed by atoms with E-state index in [4.69, 9.17) is 17.5 Å². The van der Waals surface area contributed by atoms with Crippen molar-refractivity contribution in [3.05, 3.63) is 22.4 Å². The van der Waals surface area contributed by atoms with Gasteiger partial charge in [-0.15, -0.1) is 11.3 Å². The summed E-state index contributed by atoms with van der Waals surface area (Å²) in [6, 6.07) is 6.51. The van der Waals surface area contributed by atoms with Crippen molar-refractivity contribution in [3.63, 3.8) is 0 Å². The van der Waals surface area contributed by atoms with Crippen molar-refractivity contribution in [2.45, 2.75) is 19.3 Å². The zero-order chi connectivity index (χ0) is 10.1. The van der Waals surface area contributed by atoms with Gasteiger partial charge in [0.2, 0.25) is 0 Å². The number of thiocarbonyl (C=S) groups is 1. The quantitative estimate of drug-likeness (QED) is 0.731. The van der Waals surface area contributed by atoms with Gasteiger partial charge in [-0.1, -0.05) is 25.2 Å². The highest BCUT2D eigenvalue weighted by molar-refractivity contribution is 7.80. The van der Waals surface area contributed by atoms with E-state index < -0.39 is 0 Å². The Hall–Kier alpha value is -0.720. The Morgan fingerprint density at radius 3 is 3.00 bits per heavy atom. The molecular formula is C11H11NS2. The second kappa shape index (κ2) is 3.80. The monoisotopic (exact) mass is 221 g/mol. The molecule has 1 aromatic rings. The Morgan fingerprint density at radius 1 is 1.71 bits per heavy atom. The van der Waals surface area contributed by atoms with Crippen LogP contribution in [-0.2, 0) is 0 Å². The summed E-state index contributed by atoms with van der Waals surface area (Å²) in [5.41, 5.74) is 0. The molecule has 1 aliphatic carbocycles. The second-order valence-electron chi connectivity index (χ2n) is 3.54. The van der Waals surface area contributed by atoms with Crippen LogP contribution in [-0.4, -0.2) is 4.86 Å².